The SMILES string of the molecule is CC1SCCCC1Nc1ccc(Br)cc1OC(F)(F)F. The fourth-order valence-electron chi connectivity index (χ4n) is 2.14. The maximum Gasteiger partial charge on any atom is 0.573 e. The lowest BCUT2D eigenvalue weighted by atomic mass is 10.1. The summed E-state index contributed by atoms with van der Waals surface area (Å²) in [4.78, 5) is 0. The largest absolute Gasteiger partial charge is 0.573 e. The van der Waals surface area contributed by atoms with Gasteiger partial charge in [0.25, 0.3) is 0 Å². The third-order valence-corrected chi connectivity index (χ3v) is 4.99. The van der Waals surface area contributed by atoms with Gasteiger partial charge in [-0.05, 0) is 36.8 Å². The van der Waals surface area contributed by atoms with E-state index in [4.69, 9.17) is 0 Å². The van der Waals surface area contributed by atoms with Gasteiger partial charge in [-0.15, -0.1) is 13.2 Å². The zero-order valence-corrected chi connectivity index (χ0v) is 13.2. The van der Waals surface area contributed by atoms with Crippen molar-refractivity contribution in [3.8, 4) is 5.75 Å². The first-order chi connectivity index (χ1) is 9.35. The summed E-state index contributed by atoms with van der Waals surface area (Å²) >= 11 is 4.99. The van der Waals surface area contributed by atoms with Crippen molar-refractivity contribution in [1.82, 2.24) is 0 Å². The Balaban J connectivity index is 2.17. The molecule has 0 saturated carbocycles. The first-order valence-electron chi connectivity index (χ1n) is 6.28. The summed E-state index contributed by atoms with van der Waals surface area (Å²) in [6.07, 6.45) is -2.67. The molecule has 0 aliphatic carbocycles. The monoisotopic (exact) mass is 369 g/mol. The van der Waals surface area contributed by atoms with Crippen LogP contribution in [-0.2, 0) is 0 Å². The van der Waals surface area contributed by atoms with Crippen LogP contribution in [0.15, 0.2) is 22.7 Å². The van der Waals surface area contributed by atoms with E-state index >= 15 is 0 Å². The van der Waals surface area contributed by atoms with Gasteiger partial charge in [-0.2, -0.15) is 11.8 Å². The second-order valence-corrected chi connectivity index (χ2v) is 7.06. The molecule has 0 bridgehead atoms. The topological polar surface area (TPSA) is 21.3 Å². The van der Waals surface area contributed by atoms with Crippen LogP contribution in [0.5, 0.6) is 5.75 Å². The van der Waals surface area contributed by atoms with Crippen LogP contribution in [0.25, 0.3) is 0 Å². The van der Waals surface area contributed by atoms with Crippen LogP contribution in [0, 0.1) is 0 Å². The summed E-state index contributed by atoms with van der Waals surface area (Å²) < 4.78 is 42.0. The van der Waals surface area contributed by atoms with E-state index in [2.05, 4.69) is 32.9 Å². The van der Waals surface area contributed by atoms with E-state index in [-0.39, 0.29) is 11.8 Å². The van der Waals surface area contributed by atoms with Gasteiger partial charge in [-0.3, -0.25) is 0 Å². The van der Waals surface area contributed by atoms with Gasteiger partial charge in [0.15, 0.2) is 5.75 Å². The van der Waals surface area contributed by atoms with Crippen molar-refractivity contribution in [3.05, 3.63) is 22.7 Å². The molecule has 0 amide bonds. The highest BCUT2D eigenvalue weighted by atomic mass is 79.9. The van der Waals surface area contributed by atoms with Crippen LogP contribution in [-0.4, -0.2) is 23.4 Å². The van der Waals surface area contributed by atoms with Crippen LogP contribution in [0.1, 0.15) is 19.8 Å². The normalized spacial score (nSPS) is 23.4. The average molecular weight is 370 g/mol. The van der Waals surface area contributed by atoms with Crippen molar-refractivity contribution in [3.63, 3.8) is 0 Å². The van der Waals surface area contributed by atoms with Gasteiger partial charge < -0.3 is 10.1 Å². The predicted octanol–water partition coefficient (Wildman–Crippen LogP) is 5.04. The van der Waals surface area contributed by atoms with E-state index in [0.717, 1.165) is 18.6 Å². The number of hydrogen-bond donors (Lipinski definition) is 1. The van der Waals surface area contributed by atoms with Gasteiger partial charge >= 0.3 is 6.36 Å². The molecule has 2 atom stereocenters. The highest BCUT2D eigenvalue weighted by Gasteiger charge is 2.33. The molecule has 0 spiro atoms. The molecule has 1 N–H and O–H groups in total. The van der Waals surface area contributed by atoms with Gasteiger partial charge in [0.05, 0.1) is 5.69 Å². The van der Waals surface area contributed by atoms with E-state index in [1.54, 1.807) is 12.1 Å². The lowest BCUT2D eigenvalue weighted by Crippen LogP contribution is -2.33. The van der Waals surface area contributed by atoms with Gasteiger partial charge in [0.1, 0.15) is 0 Å². The Labute approximate surface area is 128 Å². The Hall–Kier alpha value is -0.560. The molecule has 20 heavy (non-hydrogen) atoms. The second-order valence-electron chi connectivity index (χ2n) is 4.66. The molecule has 2 rings (SSSR count). The molecule has 1 saturated heterocycles. The van der Waals surface area contributed by atoms with E-state index in [1.165, 1.54) is 6.07 Å². The quantitative estimate of drug-likeness (QED) is 0.805. The van der Waals surface area contributed by atoms with Crippen LogP contribution >= 0.6 is 27.7 Å². The van der Waals surface area contributed by atoms with Crippen molar-refractivity contribution >= 4 is 33.4 Å². The van der Waals surface area contributed by atoms with Crippen molar-refractivity contribution in [1.29, 1.82) is 0 Å². The molecule has 1 fully saturated rings. The molecular formula is C13H15BrF3NOS. The summed E-state index contributed by atoms with van der Waals surface area (Å²) in [5.41, 5.74) is 0.380. The smallest absolute Gasteiger partial charge is 0.404 e. The molecule has 2 nitrogen and oxygen atoms in total. The summed E-state index contributed by atoms with van der Waals surface area (Å²) in [5, 5.41) is 3.55. The maximum absolute atomic E-state index is 12.4. The van der Waals surface area contributed by atoms with Crippen LogP contribution in [0.2, 0.25) is 0 Å². The minimum absolute atomic E-state index is 0.158. The van der Waals surface area contributed by atoms with Gasteiger partial charge in [-0.1, -0.05) is 22.9 Å². The zero-order valence-electron chi connectivity index (χ0n) is 10.8. The van der Waals surface area contributed by atoms with Crippen molar-refractivity contribution in [2.24, 2.45) is 0 Å². The summed E-state index contributed by atoms with van der Waals surface area (Å²) in [7, 11) is 0. The Morgan fingerprint density at radius 2 is 2.15 bits per heavy atom. The number of benzene rings is 1. The Bertz CT molecular complexity index is 469. The molecule has 1 aliphatic heterocycles. The zero-order chi connectivity index (χ0) is 14.8. The summed E-state index contributed by atoms with van der Waals surface area (Å²) in [6, 6.07) is 4.80. The minimum Gasteiger partial charge on any atom is -0.404 e. The molecule has 1 aliphatic rings. The number of anilines is 1. The number of ether oxygens (including phenoxy) is 1. The molecule has 0 aromatic heterocycles. The van der Waals surface area contributed by atoms with Gasteiger partial charge in [-0.25, -0.2) is 0 Å². The maximum atomic E-state index is 12.4. The summed E-state index contributed by atoms with van der Waals surface area (Å²) in [6.45, 7) is 2.09. The van der Waals surface area contributed by atoms with E-state index in [1.807, 2.05) is 11.8 Å². The van der Waals surface area contributed by atoms with E-state index < -0.39 is 6.36 Å². The number of thioether (sulfide) groups is 1. The van der Waals surface area contributed by atoms with Gasteiger partial charge in [0, 0.05) is 15.8 Å². The van der Waals surface area contributed by atoms with Gasteiger partial charge in [0.2, 0.25) is 0 Å². The fraction of sp³-hybridized carbons (Fsp3) is 0.538. The molecule has 0 radical (unpaired) electrons. The van der Waals surface area contributed by atoms with E-state index in [0.29, 0.717) is 15.4 Å². The standard InChI is InChI=1S/C13H15BrF3NOS/c1-8-10(3-2-6-20-8)18-11-5-4-9(14)7-12(11)19-13(15,16)17/h4-5,7-8,10,18H,2-3,6H2,1H3. The molecule has 1 aromatic carbocycles. The number of alkyl halides is 3. The average Bonchev–Trinajstić information content (AvgIpc) is 2.33. The third kappa shape index (κ3) is 4.48. The Kier molecular flexibility index (Phi) is 5.12. The van der Waals surface area contributed by atoms with Crippen LogP contribution in [0.3, 0.4) is 0 Å². The molecular weight excluding hydrogens is 355 g/mol. The first-order valence-corrected chi connectivity index (χ1v) is 8.13. The highest BCUT2D eigenvalue weighted by Crippen LogP contribution is 2.35. The highest BCUT2D eigenvalue weighted by molar-refractivity contribution is 9.10. The third-order valence-electron chi connectivity index (χ3n) is 3.12. The lowest BCUT2D eigenvalue weighted by molar-refractivity contribution is -0.274. The number of nitrogens with one attached hydrogen (secondary N) is 1. The number of hydrogen-bond acceptors (Lipinski definition) is 3. The first kappa shape index (κ1) is 15.8. The molecule has 7 heteroatoms. The molecule has 112 valence electrons. The number of halogens is 4. The minimum atomic E-state index is -4.69. The lowest BCUT2D eigenvalue weighted by Gasteiger charge is -2.30. The number of rotatable bonds is 3. The Morgan fingerprint density at radius 3 is 2.80 bits per heavy atom. The summed E-state index contributed by atoms with van der Waals surface area (Å²) in [5.74, 6) is 0.903. The Morgan fingerprint density at radius 1 is 1.40 bits per heavy atom. The van der Waals surface area contributed by atoms with E-state index in [9.17, 15) is 13.2 Å². The molecule has 1 heterocycles. The fourth-order valence-corrected chi connectivity index (χ4v) is 3.62. The van der Waals surface area contributed by atoms with Crippen molar-refractivity contribution in [2.45, 2.75) is 37.4 Å². The van der Waals surface area contributed by atoms with Crippen molar-refractivity contribution in [2.75, 3.05) is 11.1 Å². The van der Waals surface area contributed by atoms with Crippen LogP contribution in [0.4, 0.5) is 18.9 Å². The van der Waals surface area contributed by atoms with Crippen LogP contribution < -0.4 is 10.1 Å². The molecule has 1 aromatic rings. The van der Waals surface area contributed by atoms with Crippen molar-refractivity contribution < 1.29 is 17.9 Å². The molecule has 2 unspecified atom stereocenters. The second kappa shape index (κ2) is 6.47. The predicted molar refractivity (Wildman–Crippen MR) is 79.4 cm³/mol.